The standard InChI is InChI=1S/C11H20.C10H16.C10H14.C9H16.C8H8.2C8H14.C7H12.C6H10.7C2H6/c1-9-5-7-10(8-6-9)11(2,3)4;1-7-2-9-4-8(1)5-10(3-7)6-9;1-2-9-7-4-5-8(6-7)10(9)3-1;1-3-8-5-2-6-9(4-1)7-8;1-2-5-3(1)7-4(1)6(2)8(5)7;1-2-8-5-3-7(1)4-6-8;1-2-7-4-5-8(3-1)6-7;1-2-7-4-3-6(1)5-7;1-2-6-3-5(1)4-6;7*1-2/h5,10H,6-8H2,1-4H3;7-10H,1-6H2;1-2,7-10H,3-6H2;8-9H,1-7H2;1-8H;2*7-8H,1-6H2;6-7H,1-5H2;5-6H,1-4H2;7*1-2H3. The summed E-state index contributed by atoms with van der Waals surface area (Å²) in [5.74, 6) is 32.3. The summed E-state index contributed by atoms with van der Waals surface area (Å²) >= 11 is 0. The van der Waals surface area contributed by atoms with Crippen LogP contribution in [0.15, 0.2) is 23.8 Å². The van der Waals surface area contributed by atoms with Gasteiger partial charge in [-0.05, 0) is 288 Å². The van der Waals surface area contributed by atoms with Crippen molar-refractivity contribution in [2.45, 2.75) is 388 Å². The monoisotopic (exact) mass is 1260 g/mol. The molecule has 26 rings (SSSR count). The van der Waals surface area contributed by atoms with Gasteiger partial charge in [0.05, 0.1) is 0 Å². The average molecular weight is 1260 g/mol. The minimum atomic E-state index is 0.511. The maximum atomic E-state index is 2.49. The lowest BCUT2D eigenvalue weighted by molar-refractivity contribution is -0.565. The summed E-state index contributed by atoms with van der Waals surface area (Å²) in [5, 5.41) is 0. The first kappa shape index (κ1) is 77.8. The predicted octanol–water partition coefficient (Wildman–Crippen LogP) is 29.5. The fraction of sp³-hybridized carbons (Fsp3) is 0.956. The summed E-state index contributed by atoms with van der Waals surface area (Å²) in [7, 11) is 0. The topological polar surface area (TPSA) is 0 Å². The molecule has 0 aliphatic heterocycles. The Morgan fingerprint density at radius 3 is 0.802 bits per heavy atom. The molecule has 530 valence electrons. The van der Waals surface area contributed by atoms with Crippen LogP contribution in [0.3, 0.4) is 0 Å². The van der Waals surface area contributed by atoms with Crippen LogP contribution in [-0.2, 0) is 0 Å². The van der Waals surface area contributed by atoms with Crippen molar-refractivity contribution in [3.8, 4) is 0 Å². The summed E-state index contributed by atoms with van der Waals surface area (Å²) < 4.78 is 0. The van der Waals surface area contributed by atoms with Gasteiger partial charge >= 0.3 is 0 Å². The van der Waals surface area contributed by atoms with E-state index in [0.29, 0.717) is 5.41 Å². The van der Waals surface area contributed by atoms with Crippen LogP contribution in [0.4, 0.5) is 0 Å². The van der Waals surface area contributed by atoms with E-state index >= 15 is 0 Å². The second-order valence-electron chi connectivity index (χ2n) is 35.3. The van der Waals surface area contributed by atoms with E-state index in [4.69, 9.17) is 0 Å². The van der Waals surface area contributed by atoms with Crippen LogP contribution in [0.25, 0.3) is 0 Å². The van der Waals surface area contributed by atoms with Gasteiger partial charge in [0.15, 0.2) is 0 Å². The van der Waals surface area contributed by atoms with Gasteiger partial charge in [-0.2, -0.15) is 0 Å². The van der Waals surface area contributed by atoms with Crippen molar-refractivity contribution >= 4 is 0 Å². The zero-order valence-corrected chi connectivity index (χ0v) is 65.3. The quantitative estimate of drug-likeness (QED) is 0.212. The molecule has 0 nitrogen and oxygen atoms in total. The van der Waals surface area contributed by atoms with Crippen molar-refractivity contribution in [2.24, 2.45) is 165 Å². The zero-order chi connectivity index (χ0) is 65.8. The smallest absolute Gasteiger partial charge is 0.0171 e. The summed E-state index contributed by atoms with van der Waals surface area (Å²) in [6.45, 7) is 37.3. The van der Waals surface area contributed by atoms with Gasteiger partial charge in [0.1, 0.15) is 0 Å². The molecule has 0 radical (unpaired) electrons. The number of fused-ring (bicyclic) bond motifs is 15. The van der Waals surface area contributed by atoms with E-state index < -0.39 is 0 Å². The van der Waals surface area contributed by atoms with E-state index in [2.05, 4.69) is 45.9 Å². The van der Waals surface area contributed by atoms with Crippen molar-refractivity contribution in [1.29, 1.82) is 0 Å². The lowest BCUT2D eigenvalue weighted by atomic mass is 9.01. The van der Waals surface area contributed by atoms with Crippen molar-refractivity contribution < 1.29 is 0 Å². The highest BCUT2D eigenvalue weighted by Crippen LogP contribution is 3.01. The Morgan fingerprint density at radius 2 is 0.549 bits per heavy atom. The fourth-order valence-electron chi connectivity index (χ4n) is 25.8. The van der Waals surface area contributed by atoms with E-state index in [9.17, 15) is 0 Å². The molecule has 0 amide bonds. The van der Waals surface area contributed by atoms with Crippen LogP contribution < -0.4 is 0 Å². The van der Waals surface area contributed by atoms with E-state index in [-0.39, 0.29) is 0 Å². The van der Waals surface area contributed by atoms with Crippen molar-refractivity contribution in [1.82, 2.24) is 0 Å². The Hall–Kier alpha value is -0.520. The van der Waals surface area contributed by atoms with E-state index in [1.807, 2.05) is 96.9 Å². The third kappa shape index (κ3) is 19.5. The lowest BCUT2D eigenvalue weighted by Gasteiger charge is -3.03. The van der Waals surface area contributed by atoms with Gasteiger partial charge in [-0.3, -0.25) is 0 Å². The molecule has 0 heterocycles. The molecule has 0 aromatic rings. The number of rotatable bonds is 0. The average Bonchev–Trinajstić information content (AvgIpc) is 1.57. The van der Waals surface area contributed by atoms with E-state index in [1.54, 1.807) is 217 Å². The minimum Gasteiger partial charge on any atom is -0.0879 e. The molecule has 0 aromatic heterocycles. The maximum absolute atomic E-state index is 2.49. The molecule has 0 saturated heterocycles. The van der Waals surface area contributed by atoms with Crippen LogP contribution >= 0.6 is 0 Å². The molecule has 24 saturated carbocycles. The minimum absolute atomic E-state index is 0.511. The van der Waals surface area contributed by atoms with Crippen LogP contribution in [0, 0.1) is 165 Å². The summed E-state index contributed by atoms with van der Waals surface area (Å²) in [6, 6.07) is 0. The molecule has 0 N–H and O–H groups in total. The molecule has 0 heteroatoms. The summed E-state index contributed by atoms with van der Waals surface area (Å²) in [5.41, 5.74) is 2.10. The molecule has 7 atom stereocenters. The van der Waals surface area contributed by atoms with Gasteiger partial charge in [-0.1, -0.05) is 289 Å². The first-order chi connectivity index (χ1) is 44.6. The SMILES string of the molecule is C12C3C4C1C1C2C3C41.C1=CC2C3CCC(C3)C2C1.C1C2CC3CC1CC(C2)C3.C1CC2CC1C2.C1CC2CCC(C1)C2.C1CC2CCC1C2.C1CC2CCC1CC2.C1CC2CCCC(C1)C2.CC.CC.CC.CC.CC.CC.CC.CC1=CCC(C(C)(C)C)CC1. The third-order valence-corrected chi connectivity index (χ3v) is 30.0. The maximum Gasteiger partial charge on any atom is -0.0171 e. The Bertz CT molecular complexity index is 1710. The van der Waals surface area contributed by atoms with Gasteiger partial charge in [0.2, 0.25) is 0 Å². The zero-order valence-electron chi connectivity index (χ0n) is 65.3. The molecular formula is C91H166. The molecule has 26 aliphatic carbocycles. The van der Waals surface area contributed by atoms with Crippen molar-refractivity contribution in [3.63, 3.8) is 0 Å². The second kappa shape index (κ2) is 39.3. The van der Waals surface area contributed by atoms with Gasteiger partial charge in [0.25, 0.3) is 0 Å². The molecule has 0 aromatic carbocycles. The second-order valence-corrected chi connectivity index (χ2v) is 35.3. The lowest BCUT2D eigenvalue weighted by Crippen LogP contribution is -3.00. The van der Waals surface area contributed by atoms with E-state index in [0.717, 1.165) is 65.1 Å². The summed E-state index contributed by atoms with van der Waals surface area (Å²) in [6.07, 6.45) is 70.7. The molecule has 91 heavy (non-hydrogen) atoms. The molecule has 16 bridgehead atoms. The largest absolute Gasteiger partial charge is 0.0879 e. The summed E-state index contributed by atoms with van der Waals surface area (Å²) in [4.78, 5) is 0. The van der Waals surface area contributed by atoms with Gasteiger partial charge in [-0.25, -0.2) is 0 Å². The van der Waals surface area contributed by atoms with E-state index in [1.165, 1.54) is 146 Å². The van der Waals surface area contributed by atoms with Crippen LogP contribution in [0.1, 0.15) is 388 Å². The number of hydrogen-bond donors (Lipinski definition) is 0. The van der Waals surface area contributed by atoms with Crippen LogP contribution in [0.5, 0.6) is 0 Å². The highest BCUT2D eigenvalue weighted by molar-refractivity contribution is 5.44. The Labute approximate surface area is 573 Å². The Balaban J connectivity index is 0.000000142. The molecular weight excluding hydrogens is 1090 g/mol. The van der Waals surface area contributed by atoms with Gasteiger partial charge < -0.3 is 0 Å². The molecule has 0 spiro atoms. The Kier molecular flexibility index (Phi) is 33.6. The third-order valence-electron chi connectivity index (χ3n) is 30.0. The molecule has 7 unspecified atom stereocenters. The predicted molar refractivity (Wildman–Crippen MR) is 405 cm³/mol. The Morgan fingerprint density at radius 1 is 0.275 bits per heavy atom. The molecule has 26 aliphatic rings. The first-order valence-corrected chi connectivity index (χ1v) is 43.9. The van der Waals surface area contributed by atoms with Crippen molar-refractivity contribution in [3.05, 3.63) is 23.8 Å². The van der Waals surface area contributed by atoms with Crippen LogP contribution in [-0.4, -0.2) is 0 Å². The van der Waals surface area contributed by atoms with Crippen molar-refractivity contribution in [2.75, 3.05) is 0 Å². The van der Waals surface area contributed by atoms with Crippen LogP contribution in [0.2, 0.25) is 0 Å². The van der Waals surface area contributed by atoms with Gasteiger partial charge in [0, 0.05) is 0 Å². The van der Waals surface area contributed by atoms with Gasteiger partial charge in [-0.15, -0.1) is 0 Å². The highest BCUT2D eigenvalue weighted by Gasteiger charge is 2.97. The molecule has 24 fully saturated rings. The fourth-order valence-corrected chi connectivity index (χ4v) is 25.8. The first-order valence-electron chi connectivity index (χ1n) is 43.9. The number of allylic oxidation sites excluding steroid dienone is 4. The number of hydrogen-bond acceptors (Lipinski definition) is 0. The normalized spacial score (nSPS) is 44.9. The highest BCUT2D eigenvalue weighted by atomic mass is 15.0.